The number of hydrogen-bond acceptors (Lipinski definition) is 5. The molecule has 1 unspecified atom stereocenters. The number of rotatable bonds is 8. The van der Waals surface area contributed by atoms with Crippen molar-refractivity contribution in [3.8, 4) is 0 Å². The van der Waals surface area contributed by atoms with Gasteiger partial charge in [0.2, 0.25) is 5.91 Å². The number of amides is 1. The third kappa shape index (κ3) is 5.31. The lowest BCUT2D eigenvalue weighted by atomic mass is 9.93. The van der Waals surface area contributed by atoms with Crippen molar-refractivity contribution in [3.63, 3.8) is 0 Å². The Labute approximate surface area is 154 Å². The van der Waals surface area contributed by atoms with Gasteiger partial charge in [-0.25, -0.2) is 0 Å². The minimum Gasteiger partial charge on any atom is -0.379 e. The lowest BCUT2D eigenvalue weighted by Gasteiger charge is -2.26. The third-order valence-electron chi connectivity index (χ3n) is 4.59. The van der Waals surface area contributed by atoms with Crippen molar-refractivity contribution in [1.82, 2.24) is 10.6 Å². The van der Waals surface area contributed by atoms with Crippen LogP contribution >= 0.6 is 12.4 Å². The van der Waals surface area contributed by atoms with Crippen molar-refractivity contribution >= 4 is 29.7 Å². The molecule has 8 heteroatoms. The fourth-order valence-corrected chi connectivity index (χ4v) is 3.09. The summed E-state index contributed by atoms with van der Waals surface area (Å²) in [7, 11) is 0. The first kappa shape index (κ1) is 21.2. The van der Waals surface area contributed by atoms with Gasteiger partial charge in [0, 0.05) is 19.2 Å². The quantitative estimate of drug-likeness (QED) is 0.371. The third-order valence-corrected chi connectivity index (χ3v) is 4.59. The zero-order chi connectivity index (χ0) is 17.6. The van der Waals surface area contributed by atoms with Crippen LogP contribution in [0.25, 0.3) is 0 Å². The number of carbonyl (C=O) groups is 1. The molecule has 0 bridgehead atoms. The van der Waals surface area contributed by atoms with Crippen molar-refractivity contribution in [2.45, 2.75) is 45.1 Å². The van der Waals surface area contributed by atoms with E-state index in [1.807, 2.05) is 19.9 Å². The van der Waals surface area contributed by atoms with Gasteiger partial charge in [0.25, 0.3) is 5.69 Å². The maximum atomic E-state index is 12.3. The summed E-state index contributed by atoms with van der Waals surface area (Å²) < 4.78 is 0. The highest BCUT2D eigenvalue weighted by atomic mass is 35.5. The molecule has 1 aliphatic rings. The second-order valence-corrected chi connectivity index (χ2v) is 6.28. The van der Waals surface area contributed by atoms with Crippen LogP contribution in [-0.4, -0.2) is 36.0 Å². The molecule has 1 fully saturated rings. The molecule has 1 aliphatic heterocycles. The fourth-order valence-electron chi connectivity index (χ4n) is 3.09. The van der Waals surface area contributed by atoms with Crippen LogP contribution in [0, 0.1) is 17.0 Å². The summed E-state index contributed by atoms with van der Waals surface area (Å²) in [4.78, 5) is 23.0. The largest absolute Gasteiger partial charge is 0.379 e. The number of aryl methyl sites for hydroxylation is 1. The summed E-state index contributed by atoms with van der Waals surface area (Å²) in [6.45, 7) is 5.86. The zero-order valence-electron chi connectivity index (χ0n) is 14.8. The Morgan fingerprint density at radius 1 is 1.40 bits per heavy atom. The van der Waals surface area contributed by atoms with Crippen molar-refractivity contribution in [2.24, 2.45) is 0 Å². The maximum absolute atomic E-state index is 12.3. The predicted octanol–water partition coefficient (Wildman–Crippen LogP) is 2.78. The highest BCUT2D eigenvalue weighted by molar-refractivity contribution is 5.86. The van der Waals surface area contributed by atoms with E-state index in [0.717, 1.165) is 31.4 Å². The average Bonchev–Trinajstić information content (AvgIpc) is 3.05. The number of nitro benzene ring substituents is 1. The normalized spacial score (nSPS) is 19.1. The maximum Gasteiger partial charge on any atom is 0.292 e. The molecular formula is C17H27ClN4O3. The van der Waals surface area contributed by atoms with Gasteiger partial charge >= 0.3 is 0 Å². The number of hydrogen-bond donors (Lipinski definition) is 3. The SMILES string of the molecule is CCC1(C(=O)NCCCNc2ccc(C)cc2[N+](=O)[O-])CCCN1.Cl. The van der Waals surface area contributed by atoms with Crippen LogP contribution in [0.3, 0.4) is 0 Å². The Morgan fingerprint density at radius 3 is 2.76 bits per heavy atom. The van der Waals surface area contributed by atoms with Crippen molar-refractivity contribution in [3.05, 3.63) is 33.9 Å². The molecule has 1 amide bonds. The van der Waals surface area contributed by atoms with E-state index in [9.17, 15) is 14.9 Å². The van der Waals surface area contributed by atoms with Gasteiger partial charge in [-0.3, -0.25) is 14.9 Å². The lowest BCUT2D eigenvalue weighted by molar-refractivity contribution is -0.384. The Hall–Kier alpha value is -1.86. The van der Waals surface area contributed by atoms with Gasteiger partial charge in [-0.05, 0) is 50.8 Å². The first-order valence-corrected chi connectivity index (χ1v) is 8.51. The molecule has 25 heavy (non-hydrogen) atoms. The monoisotopic (exact) mass is 370 g/mol. The fraction of sp³-hybridized carbons (Fsp3) is 0.588. The van der Waals surface area contributed by atoms with Crippen molar-refractivity contribution < 1.29 is 9.72 Å². The molecule has 0 saturated carbocycles. The van der Waals surface area contributed by atoms with Gasteiger partial charge in [-0.15, -0.1) is 12.4 Å². The van der Waals surface area contributed by atoms with Gasteiger partial charge < -0.3 is 16.0 Å². The first-order valence-electron chi connectivity index (χ1n) is 8.51. The Morgan fingerprint density at radius 2 is 2.16 bits per heavy atom. The molecule has 0 spiro atoms. The molecule has 1 atom stereocenters. The topological polar surface area (TPSA) is 96.3 Å². The van der Waals surface area contributed by atoms with Crippen molar-refractivity contribution in [2.75, 3.05) is 25.0 Å². The van der Waals surface area contributed by atoms with E-state index in [-0.39, 0.29) is 28.9 Å². The highest BCUT2D eigenvalue weighted by Gasteiger charge is 2.38. The van der Waals surface area contributed by atoms with Crippen LogP contribution in [0.5, 0.6) is 0 Å². The van der Waals surface area contributed by atoms with Crippen LogP contribution in [0.15, 0.2) is 18.2 Å². The van der Waals surface area contributed by atoms with E-state index in [0.29, 0.717) is 25.2 Å². The first-order chi connectivity index (χ1) is 11.5. The molecule has 1 aromatic carbocycles. The molecule has 3 N–H and O–H groups in total. The van der Waals surface area contributed by atoms with Crippen LogP contribution in [-0.2, 0) is 4.79 Å². The summed E-state index contributed by atoms with van der Waals surface area (Å²) in [6, 6.07) is 5.12. The number of benzene rings is 1. The Balaban J connectivity index is 0.00000312. The molecule has 0 aromatic heterocycles. The minimum atomic E-state index is -0.414. The van der Waals surface area contributed by atoms with Gasteiger partial charge in [0.15, 0.2) is 0 Å². The second-order valence-electron chi connectivity index (χ2n) is 6.28. The molecule has 0 radical (unpaired) electrons. The molecule has 1 saturated heterocycles. The second kappa shape index (κ2) is 9.58. The summed E-state index contributed by atoms with van der Waals surface area (Å²) in [5, 5.41) is 20.4. The molecule has 140 valence electrons. The van der Waals surface area contributed by atoms with Gasteiger partial charge in [0.05, 0.1) is 10.5 Å². The van der Waals surface area contributed by atoms with E-state index in [4.69, 9.17) is 0 Å². The Bertz CT molecular complexity index is 604. The summed E-state index contributed by atoms with van der Waals surface area (Å²) in [5.41, 5.74) is 1.04. The number of carbonyl (C=O) groups excluding carboxylic acids is 1. The smallest absolute Gasteiger partial charge is 0.292 e. The van der Waals surface area contributed by atoms with E-state index in [2.05, 4.69) is 16.0 Å². The molecular weight excluding hydrogens is 344 g/mol. The van der Waals surface area contributed by atoms with Gasteiger partial charge in [0.1, 0.15) is 5.69 Å². The number of halogens is 1. The summed E-state index contributed by atoms with van der Waals surface area (Å²) in [6.07, 6.45) is 3.40. The van der Waals surface area contributed by atoms with Crippen LogP contribution < -0.4 is 16.0 Å². The van der Waals surface area contributed by atoms with Gasteiger partial charge in [-0.1, -0.05) is 13.0 Å². The molecule has 1 aromatic rings. The molecule has 1 heterocycles. The predicted molar refractivity (Wildman–Crippen MR) is 101 cm³/mol. The molecule has 0 aliphatic carbocycles. The van der Waals surface area contributed by atoms with E-state index in [1.54, 1.807) is 12.1 Å². The summed E-state index contributed by atoms with van der Waals surface area (Å²) in [5.74, 6) is 0.0591. The van der Waals surface area contributed by atoms with Crippen LogP contribution in [0.2, 0.25) is 0 Å². The number of nitro groups is 1. The number of nitrogens with one attached hydrogen (secondary N) is 3. The number of anilines is 1. The lowest BCUT2D eigenvalue weighted by Crippen LogP contribution is -2.53. The Kier molecular flexibility index (Phi) is 8.12. The summed E-state index contributed by atoms with van der Waals surface area (Å²) >= 11 is 0. The average molecular weight is 371 g/mol. The van der Waals surface area contributed by atoms with Crippen molar-refractivity contribution in [1.29, 1.82) is 0 Å². The zero-order valence-corrected chi connectivity index (χ0v) is 15.6. The van der Waals surface area contributed by atoms with E-state index < -0.39 is 5.54 Å². The minimum absolute atomic E-state index is 0. The van der Waals surface area contributed by atoms with Crippen LogP contribution in [0.4, 0.5) is 11.4 Å². The van der Waals surface area contributed by atoms with E-state index >= 15 is 0 Å². The molecule has 7 nitrogen and oxygen atoms in total. The highest BCUT2D eigenvalue weighted by Crippen LogP contribution is 2.25. The van der Waals surface area contributed by atoms with Gasteiger partial charge in [-0.2, -0.15) is 0 Å². The molecule has 2 rings (SSSR count). The standard InChI is InChI=1S/C17H26N4O3.ClH/c1-3-17(8-4-11-20-17)16(22)19-10-5-9-18-14-7-6-13(2)12-15(14)21(23)24;/h6-7,12,18,20H,3-5,8-11H2,1-2H3,(H,19,22);1H. The van der Waals surface area contributed by atoms with E-state index in [1.165, 1.54) is 0 Å². The van der Waals surface area contributed by atoms with Crippen LogP contribution in [0.1, 0.15) is 38.2 Å². The number of nitrogens with zero attached hydrogens (tertiary/aromatic N) is 1.